The monoisotopic (exact) mass is 438 g/mol. The number of anilines is 1. The van der Waals surface area contributed by atoms with Crippen LogP contribution < -0.4 is 10.6 Å². The molecule has 31 heavy (non-hydrogen) atoms. The lowest BCUT2D eigenvalue weighted by Gasteiger charge is -2.28. The van der Waals surface area contributed by atoms with Gasteiger partial charge in [-0.1, -0.05) is 11.6 Å². The van der Waals surface area contributed by atoms with Crippen molar-refractivity contribution in [1.29, 1.82) is 0 Å². The molecule has 0 unspecified atom stereocenters. The van der Waals surface area contributed by atoms with E-state index in [-0.39, 0.29) is 17.4 Å². The first-order valence-electron chi connectivity index (χ1n) is 10.4. The highest BCUT2D eigenvalue weighted by Crippen LogP contribution is 2.57. The summed E-state index contributed by atoms with van der Waals surface area (Å²) in [5, 5.41) is 10.9. The fourth-order valence-corrected chi connectivity index (χ4v) is 5.30. The van der Waals surface area contributed by atoms with Gasteiger partial charge in [0, 0.05) is 23.1 Å². The Hall–Kier alpha value is -3.00. The van der Waals surface area contributed by atoms with Gasteiger partial charge in [-0.25, -0.2) is 9.50 Å². The number of amides is 2. The van der Waals surface area contributed by atoms with E-state index in [1.54, 1.807) is 29.2 Å². The fourth-order valence-electron chi connectivity index (χ4n) is 5.15. The molecular weight excluding hydrogens is 416 g/mol. The molecular formula is C22H23ClN6O2. The number of halogens is 1. The SMILES string of the molecule is Cc1cc(C)n2ncc(C(=O)NC34CCC(C(=O)Nc5cnccc5Cl)(CC3)C4)c2n1. The first-order valence-corrected chi connectivity index (χ1v) is 10.7. The van der Waals surface area contributed by atoms with Crippen LogP contribution in [-0.4, -0.2) is 36.9 Å². The Kier molecular flexibility index (Phi) is 4.51. The van der Waals surface area contributed by atoms with Gasteiger partial charge in [-0.05, 0) is 58.1 Å². The molecule has 0 aliphatic heterocycles. The van der Waals surface area contributed by atoms with E-state index in [0.717, 1.165) is 37.1 Å². The van der Waals surface area contributed by atoms with Gasteiger partial charge in [0.25, 0.3) is 5.91 Å². The van der Waals surface area contributed by atoms with Crippen molar-refractivity contribution in [3.05, 3.63) is 52.7 Å². The van der Waals surface area contributed by atoms with E-state index in [4.69, 9.17) is 11.6 Å². The summed E-state index contributed by atoms with van der Waals surface area (Å²) in [6.45, 7) is 3.83. The first-order chi connectivity index (χ1) is 14.8. The second-order valence-corrected chi connectivity index (χ2v) is 9.24. The van der Waals surface area contributed by atoms with Crippen LogP contribution in [0.5, 0.6) is 0 Å². The molecule has 2 bridgehead atoms. The molecule has 5 rings (SSSR count). The second-order valence-electron chi connectivity index (χ2n) is 8.83. The molecule has 8 nitrogen and oxygen atoms in total. The molecule has 2 aliphatic carbocycles. The zero-order valence-electron chi connectivity index (χ0n) is 17.4. The predicted molar refractivity (Wildman–Crippen MR) is 116 cm³/mol. The standard InChI is InChI=1S/C22H23ClN6O2/c1-13-9-14(2)29-18(26-13)15(10-25-29)19(30)28-22-6-4-21(12-22,5-7-22)20(31)27-17-11-24-8-3-16(17)23/h3,8-11H,4-7,12H2,1-2H3,(H,27,31)(H,28,30). The van der Waals surface area contributed by atoms with Crippen molar-refractivity contribution in [3.8, 4) is 0 Å². The number of aryl methyl sites for hydroxylation is 2. The van der Waals surface area contributed by atoms with E-state index in [9.17, 15) is 9.59 Å². The molecule has 3 aromatic rings. The minimum absolute atomic E-state index is 0.0556. The maximum atomic E-state index is 13.2. The Morgan fingerprint density at radius 3 is 2.68 bits per heavy atom. The van der Waals surface area contributed by atoms with E-state index < -0.39 is 5.41 Å². The van der Waals surface area contributed by atoms with Crippen molar-refractivity contribution in [2.75, 3.05) is 5.32 Å². The Labute approximate surface area is 184 Å². The van der Waals surface area contributed by atoms with E-state index in [0.29, 0.717) is 28.3 Å². The van der Waals surface area contributed by atoms with Crippen LogP contribution in [0.25, 0.3) is 5.65 Å². The summed E-state index contributed by atoms with van der Waals surface area (Å²) in [4.78, 5) is 34.8. The molecule has 2 aliphatic rings. The van der Waals surface area contributed by atoms with E-state index in [2.05, 4.69) is 25.7 Å². The van der Waals surface area contributed by atoms with Gasteiger partial charge in [0.15, 0.2) is 5.65 Å². The number of rotatable bonds is 4. The summed E-state index contributed by atoms with van der Waals surface area (Å²) < 4.78 is 1.68. The molecule has 9 heteroatoms. The number of nitrogens with one attached hydrogen (secondary N) is 2. The Morgan fingerprint density at radius 2 is 1.94 bits per heavy atom. The minimum atomic E-state index is -0.501. The zero-order chi connectivity index (χ0) is 21.8. The smallest absolute Gasteiger partial charge is 0.257 e. The van der Waals surface area contributed by atoms with Gasteiger partial charge < -0.3 is 10.6 Å². The van der Waals surface area contributed by atoms with Crippen LogP contribution in [0.1, 0.15) is 53.8 Å². The van der Waals surface area contributed by atoms with Gasteiger partial charge in [0.1, 0.15) is 5.56 Å². The maximum Gasteiger partial charge on any atom is 0.257 e. The number of aromatic nitrogens is 4. The third-order valence-electron chi connectivity index (χ3n) is 6.74. The Balaban J connectivity index is 1.35. The third-order valence-corrected chi connectivity index (χ3v) is 7.07. The van der Waals surface area contributed by atoms with Crippen molar-refractivity contribution in [2.24, 2.45) is 5.41 Å². The summed E-state index contributed by atoms with van der Waals surface area (Å²) in [5.41, 5.74) is 2.39. The highest BCUT2D eigenvalue weighted by Gasteiger charge is 2.58. The number of fused-ring (bicyclic) bond motifs is 3. The van der Waals surface area contributed by atoms with E-state index >= 15 is 0 Å². The number of nitrogens with zero attached hydrogens (tertiary/aromatic N) is 4. The summed E-state index contributed by atoms with van der Waals surface area (Å²) in [6.07, 6.45) is 8.28. The number of carbonyl (C=O) groups is 2. The summed E-state index contributed by atoms with van der Waals surface area (Å²) in [5.74, 6) is -0.249. The molecule has 3 aromatic heterocycles. The van der Waals surface area contributed by atoms with Crippen molar-refractivity contribution in [2.45, 2.75) is 51.5 Å². The number of hydrogen-bond donors (Lipinski definition) is 2. The van der Waals surface area contributed by atoms with Crippen LogP contribution in [0.4, 0.5) is 5.69 Å². The van der Waals surface area contributed by atoms with Gasteiger partial charge in [-0.15, -0.1) is 0 Å². The van der Waals surface area contributed by atoms with Crippen LogP contribution >= 0.6 is 11.6 Å². The van der Waals surface area contributed by atoms with Crippen LogP contribution in [0.15, 0.2) is 30.7 Å². The largest absolute Gasteiger partial charge is 0.346 e. The molecule has 2 fully saturated rings. The van der Waals surface area contributed by atoms with Crippen molar-refractivity contribution in [3.63, 3.8) is 0 Å². The van der Waals surface area contributed by atoms with Crippen molar-refractivity contribution >= 4 is 34.7 Å². The second kappa shape index (κ2) is 7.02. The first kappa shape index (κ1) is 19.9. The average Bonchev–Trinajstić information content (AvgIpc) is 3.42. The molecule has 3 heterocycles. The van der Waals surface area contributed by atoms with Gasteiger partial charge in [-0.3, -0.25) is 14.6 Å². The van der Waals surface area contributed by atoms with E-state index in [1.165, 1.54) is 0 Å². The molecule has 0 spiro atoms. The molecule has 0 radical (unpaired) electrons. The normalized spacial score (nSPS) is 24.5. The highest BCUT2D eigenvalue weighted by atomic mass is 35.5. The van der Waals surface area contributed by atoms with Crippen LogP contribution in [0, 0.1) is 19.3 Å². The molecule has 0 atom stereocenters. The molecule has 2 N–H and O–H groups in total. The summed E-state index contributed by atoms with van der Waals surface area (Å²) >= 11 is 6.17. The Bertz CT molecular complexity index is 1210. The highest BCUT2D eigenvalue weighted by molar-refractivity contribution is 6.33. The zero-order valence-corrected chi connectivity index (χ0v) is 18.2. The quantitative estimate of drug-likeness (QED) is 0.649. The molecule has 160 valence electrons. The van der Waals surface area contributed by atoms with Gasteiger partial charge in [0.2, 0.25) is 5.91 Å². The van der Waals surface area contributed by atoms with Crippen molar-refractivity contribution in [1.82, 2.24) is 24.9 Å². The van der Waals surface area contributed by atoms with Gasteiger partial charge in [0.05, 0.1) is 28.5 Å². The lowest BCUT2D eigenvalue weighted by atomic mass is 9.83. The van der Waals surface area contributed by atoms with Gasteiger partial charge in [-0.2, -0.15) is 5.10 Å². The number of pyridine rings is 1. The third kappa shape index (κ3) is 3.26. The van der Waals surface area contributed by atoms with Gasteiger partial charge >= 0.3 is 0 Å². The lowest BCUT2D eigenvalue weighted by Crippen LogP contribution is -2.45. The Morgan fingerprint density at radius 1 is 1.16 bits per heavy atom. The average molecular weight is 439 g/mol. The van der Waals surface area contributed by atoms with E-state index in [1.807, 2.05) is 19.9 Å². The fraction of sp³-hybridized carbons (Fsp3) is 0.409. The lowest BCUT2D eigenvalue weighted by molar-refractivity contribution is -0.125. The van der Waals surface area contributed by atoms with Crippen LogP contribution in [0.2, 0.25) is 5.02 Å². The van der Waals surface area contributed by atoms with Crippen molar-refractivity contribution < 1.29 is 9.59 Å². The molecule has 2 amide bonds. The van der Waals surface area contributed by atoms with Crippen LogP contribution in [0.3, 0.4) is 0 Å². The topological polar surface area (TPSA) is 101 Å². The summed E-state index contributed by atoms with van der Waals surface area (Å²) in [6, 6.07) is 3.58. The predicted octanol–water partition coefficient (Wildman–Crippen LogP) is 3.47. The molecule has 0 saturated heterocycles. The van der Waals surface area contributed by atoms with Crippen LogP contribution in [-0.2, 0) is 4.79 Å². The summed E-state index contributed by atoms with van der Waals surface area (Å²) in [7, 11) is 0. The number of hydrogen-bond acceptors (Lipinski definition) is 5. The number of carbonyl (C=O) groups excluding carboxylic acids is 2. The molecule has 2 saturated carbocycles. The molecule has 0 aromatic carbocycles. The maximum absolute atomic E-state index is 13.2. The minimum Gasteiger partial charge on any atom is -0.346 e.